The van der Waals surface area contributed by atoms with E-state index in [-0.39, 0.29) is 0 Å². The molecule has 4 aromatic heterocycles. The van der Waals surface area contributed by atoms with Gasteiger partial charge in [0.25, 0.3) is 0 Å². The first-order valence-electron chi connectivity index (χ1n) is 21.3. The summed E-state index contributed by atoms with van der Waals surface area (Å²) in [5.74, 6) is 1.60. The lowest BCUT2D eigenvalue weighted by Crippen LogP contribution is -2.12. The lowest BCUT2D eigenvalue weighted by molar-refractivity contribution is 1.16. The molecule has 0 aliphatic heterocycles. The second-order valence-electron chi connectivity index (χ2n) is 15.6. The highest BCUT2D eigenvalue weighted by molar-refractivity contribution is 6.22. The van der Waals surface area contributed by atoms with Crippen LogP contribution in [-0.4, -0.2) is 19.9 Å². The normalized spacial score (nSPS) is 11.1. The highest BCUT2D eigenvalue weighted by Crippen LogP contribution is 2.48. The van der Waals surface area contributed by atoms with Crippen molar-refractivity contribution in [2.24, 2.45) is 0 Å². The van der Waals surface area contributed by atoms with Gasteiger partial charge in [-0.25, -0.2) is 9.97 Å². The highest BCUT2D eigenvalue weighted by Gasteiger charge is 2.23. The number of hydrogen-bond donors (Lipinski definition) is 0. The lowest BCUT2D eigenvalue weighted by atomic mass is 9.84. The van der Waals surface area contributed by atoms with Crippen molar-refractivity contribution in [1.82, 2.24) is 19.9 Å². The monoisotopic (exact) mass is 820 g/mol. The SMILES string of the molecule is c1ccc(-c2ccc(-c3c4ccc(N(c5cccnc5)c5ccccn5)cc4c(-c4ccc(-c5ccccc5)cc4)c4ccc(N(c5cccnc5)c5ccccn5)cc34)cc2)cc1. The molecule has 302 valence electrons. The topological polar surface area (TPSA) is 58.0 Å². The van der Waals surface area contributed by atoms with Gasteiger partial charge in [-0.1, -0.05) is 133 Å². The Bertz CT molecular complexity index is 3020. The molecule has 4 heterocycles. The van der Waals surface area contributed by atoms with Crippen LogP contribution in [0.5, 0.6) is 0 Å². The molecule has 0 bridgehead atoms. The number of nitrogens with zero attached hydrogens (tertiary/aromatic N) is 6. The van der Waals surface area contributed by atoms with E-state index in [2.05, 4.69) is 177 Å². The number of benzene rings is 7. The maximum atomic E-state index is 4.84. The van der Waals surface area contributed by atoms with E-state index in [1.54, 1.807) is 12.4 Å². The van der Waals surface area contributed by atoms with E-state index in [0.29, 0.717) is 0 Å². The summed E-state index contributed by atoms with van der Waals surface area (Å²) in [6, 6.07) is 72.8. The highest BCUT2D eigenvalue weighted by atomic mass is 15.2. The summed E-state index contributed by atoms with van der Waals surface area (Å²) < 4.78 is 0. The van der Waals surface area contributed by atoms with Gasteiger partial charge in [-0.15, -0.1) is 0 Å². The molecule has 0 fully saturated rings. The Labute approximate surface area is 372 Å². The molecule has 0 aliphatic rings. The zero-order valence-electron chi connectivity index (χ0n) is 34.8. The van der Waals surface area contributed by atoms with Gasteiger partial charge in [-0.05, 0) is 139 Å². The van der Waals surface area contributed by atoms with Gasteiger partial charge in [0.2, 0.25) is 0 Å². The molecule has 0 saturated carbocycles. The molecule has 6 nitrogen and oxygen atoms in total. The van der Waals surface area contributed by atoms with Gasteiger partial charge in [-0.2, -0.15) is 0 Å². The van der Waals surface area contributed by atoms with Crippen molar-refractivity contribution in [3.63, 3.8) is 0 Å². The molecule has 0 saturated heterocycles. The summed E-state index contributed by atoms with van der Waals surface area (Å²) in [5, 5.41) is 4.49. The molecular weight excluding hydrogens is 781 g/mol. The molecule has 0 amide bonds. The second kappa shape index (κ2) is 17.0. The van der Waals surface area contributed by atoms with Gasteiger partial charge >= 0.3 is 0 Å². The third-order valence-corrected chi connectivity index (χ3v) is 11.7. The van der Waals surface area contributed by atoms with E-state index in [1.165, 1.54) is 11.1 Å². The fourth-order valence-corrected chi connectivity index (χ4v) is 8.80. The Morgan fingerprint density at radius 1 is 0.266 bits per heavy atom. The van der Waals surface area contributed by atoms with Crippen LogP contribution in [0.25, 0.3) is 66.1 Å². The molecule has 7 aromatic carbocycles. The van der Waals surface area contributed by atoms with Gasteiger partial charge in [0.05, 0.1) is 23.8 Å². The van der Waals surface area contributed by atoms with Crippen molar-refractivity contribution >= 4 is 55.9 Å². The number of rotatable bonds is 10. The first-order chi connectivity index (χ1) is 31.8. The second-order valence-corrected chi connectivity index (χ2v) is 15.6. The van der Waals surface area contributed by atoms with Crippen LogP contribution >= 0.6 is 0 Å². The standard InChI is InChI=1S/C58H40N6/c1-3-13-41(14-4-1)43-21-25-45(26-22-43)57-51-31-29-48(64(50-18-12-34-60-40-50)56-20-8-10-36-62-56)38-54(51)58(46-27-23-44(24-28-46)42-15-5-2-6-16-42)52-32-30-47(37-53(52)57)63(49-17-11-33-59-39-49)55-19-7-9-35-61-55/h1-40H. The molecule has 0 radical (unpaired) electrons. The van der Waals surface area contributed by atoms with Gasteiger partial charge in [0, 0.05) is 36.2 Å². The van der Waals surface area contributed by atoms with Crippen molar-refractivity contribution in [3.8, 4) is 44.5 Å². The minimum atomic E-state index is 0.802. The van der Waals surface area contributed by atoms with Gasteiger partial charge in [0.15, 0.2) is 0 Å². The molecular formula is C58H40N6. The van der Waals surface area contributed by atoms with Crippen molar-refractivity contribution in [2.75, 3.05) is 9.80 Å². The van der Waals surface area contributed by atoms with E-state index in [0.717, 1.165) is 89.3 Å². The average Bonchev–Trinajstić information content (AvgIpc) is 3.38. The van der Waals surface area contributed by atoms with E-state index in [1.807, 2.05) is 73.3 Å². The molecule has 64 heavy (non-hydrogen) atoms. The van der Waals surface area contributed by atoms with E-state index in [9.17, 15) is 0 Å². The molecule has 0 atom stereocenters. The number of anilines is 6. The van der Waals surface area contributed by atoms with Gasteiger partial charge in [0.1, 0.15) is 11.6 Å². The van der Waals surface area contributed by atoms with Crippen LogP contribution in [0, 0.1) is 0 Å². The van der Waals surface area contributed by atoms with Crippen molar-refractivity contribution in [2.45, 2.75) is 0 Å². The van der Waals surface area contributed by atoms with Gasteiger partial charge < -0.3 is 0 Å². The van der Waals surface area contributed by atoms with Crippen molar-refractivity contribution < 1.29 is 0 Å². The smallest absolute Gasteiger partial charge is 0.137 e. The zero-order valence-corrected chi connectivity index (χ0v) is 34.8. The summed E-state index contributed by atoms with van der Waals surface area (Å²) in [7, 11) is 0. The number of pyridine rings is 4. The Balaban J connectivity index is 1.22. The lowest BCUT2D eigenvalue weighted by Gasteiger charge is -2.27. The Hall–Kier alpha value is -8.74. The quantitative estimate of drug-likeness (QED) is 0.128. The maximum Gasteiger partial charge on any atom is 0.137 e. The summed E-state index contributed by atoms with van der Waals surface area (Å²) in [6.07, 6.45) is 11.1. The van der Waals surface area contributed by atoms with E-state index in [4.69, 9.17) is 9.97 Å². The largest absolute Gasteiger partial charge is 0.293 e. The maximum absolute atomic E-state index is 4.84. The van der Waals surface area contributed by atoms with Crippen LogP contribution in [-0.2, 0) is 0 Å². The fraction of sp³-hybridized carbons (Fsp3) is 0. The third kappa shape index (κ3) is 7.29. The zero-order chi connectivity index (χ0) is 42.7. The summed E-state index contributed by atoms with van der Waals surface area (Å²) in [6.45, 7) is 0. The summed E-state index contributed by atoms with van der Waals surface area (Å²) >= 11 is 0. The Kier molecular flexibility index (Phi) is 10.1. The van der Waals surface area contributed by atoms with E-state index < -0.39 is 0 Å². The van der Waals surface area contributed by atoms with Crippen LogP contribution < -0.4 is 9.80 Å². The Morgan fingerprint density at radius 3 is 1.03 bits per heavy atom. The van der Waals surface area contributed by atoms with Gasteiger partial charge in [-0.3, -0.25) is 19.8 Å². The summed E-state index contributed by atoms with van der Waals surface area (Å²) in [5.41, 5.74) is 13.0. The minimum Gasteiger partial charge on any atom is -0.293 e. The van der Waals surface area contributed by atoms with Crippen LogP contribution in [0.4, 0.5) is 34.4 Å². The van der Waals surface area contributed by atoms with E-state index >= 15 is 0 Å². The predicted octanol–water partition coefficient (Wildman–Crippen LogP) is 15.2. The van der Waals surface area contributed by atoms with Crippen molar-refractivity contribution in [3.05, 3.63) is 243 Å². The number of aromatic nitrogens is 4. The molecule has 0 N–H and O–H groups in total. The number of fused-ring (bicyclic) bond motifs is 2. The minimum absolute atomic E-state index is 0.802. The predicted molar refractivity (Wildman–Crippen MR) is 264 cm³/mol. The molecule has 11 rings (SSSR count). The van der Waals surface area contributed by atoms with Crippen LogP contribution in [0.2, 0.25) is 0 Å². The third-order valence-electron chi connectivity index (χ3n) is 11.7. The molecule has 6 heteroatoms. The average molecular weight is 821 g/mol. The first kappa shape index (κ1) is 38.2. The summed E-state index contributed by atoms with van der Waals surface area (Å²) in [4.78, 5) is 23.1. The number of hydrogen-bond acceptors (Lipinski definition) is 6. The van der Waals surface area contributed by atoms with Crippen LogP contribution in [0.1, 0.15) is 0 Å². The Morgan fingerprint density at radius 2 is 0.656 bits per heavy atom. The fourth-order valence-electron chi connectivity index (χ4n) is 8.80. The van der Waals surface area contributed by atoms with Crippen LogP contribution in [0.3, 0.4) is 0 Å². The van der Waals surface area contributed by atoms with Crippen LogP contribution in [0.15, 0.2) is 243 Å². The molecule has 11 aromatic rings. The molecule has 0 aliphatic carbocycles. The first-order valence-corrected chi connectivity index (χ1v) is 21.3. The van der Waals surface area contributed by atoms with Crippen molar-refractivity contribution in [1.29, 1.82) is 0 Å². The molecule has 0 unspecified atom stereocenters. The molecule has 0 spiro atoms.